The Bertz CT molecular complexity index is 393. The SMILES string of the molecule is CCc1nsc(SCCCCC(C)(N)C(=O)O)n1. The summed E-state index contributed by atoms with van der Waals surface area (Å²) in [7, 11) is 0. The molecule has 1 aromatic heterocycles. The number of aryl methyl sites for hydroxylation is 1. The molecular weight excluding hydrogens is 270 g/mol. The van der Waals surface area contributed by atoms with Crippen LogP contribution in [0.2, 0.25) is 0 Å². The predicted molar refractivity (Wildman–Crippen MR) is 74.1 cm³/mol. The van der Waals surface area contributed by atoms with Crippen LogP contribution in [-0.4, -0.2) is 31.7 Å². The van der Waals surface area contributed by atoms with Crippen molar-refractivity contribution in [2.75, 3.05) is 5.75 Å². The molecule has 0 fully saturated rings. The summed E-state index contributed by atoms with van der Waals surface area (Å²) < 4.78 is 5.19. The first-order chi connectivity index (χ1) is 8.45. The molecule has 18 heavy (non-hydrogen) atoms. The fraction of sp³-hybridized carbons (Fsp3) is 0.727. The number of carbonyl (C=O) groups is 1. The Balaban J connectivity index is 2.17. The Labute approximate surface area is 115 Å². The van der Waals surface area contributed by atoms with Gasteiger partial charge in [0, 0.05) is 12.2 Å². The van der Waals surface area contributed by atoms with Crippen LogP contribution in [0.3, 0.4) is 0 Å². The molecule has 0 saturated heterocycles. The zero-order chi connectivity index (χ0) is 13.6. The number of nitrogens with two attached hydrogens (primary N) is 1. The van der Waals surface area contributed by atoms with E-state index in [4.69, 9.17) is 10.8 Å². The van der Waals surface area contributed by atoms with Crippen molar-refractivity contribution in [1.29, 1.82) is 0 Å². The molecule has 0 saturated carbocycles. The first-order valence-electron chi connectivity index (χ1n) is 5.93. The summed E-state index contributed by atoms with van der Waals surface area (Å²) in [6.07, 6.45) is 3.11. The monoisotopic (exact) mass is 289 g/mol. The lowest BCUT2D eigenvalue weighted by atomic mass is 9.97. The van der Waals surface area contributed by atoms with Gasteiger partial charge in [0.05, 0.1) is 0 Å². The average molecular weight is 289 g/mol. The Hall–Kier alpha value is -0.660. The van der Waals surface area contributed by atoms with Crippen LogP contribution in [0.15, 0.2) is 4.34 Å². The number of hydrogen-bond acceptors (Lipinski definition) is 6. The summed E-state index contributed by atoms with van der Waals surface area (Å²) in [6, 6.07) is 0. The normalized spacial score (nSPS) is 14.4. The molecule has 0 aliphatic heterocycles. The maximum absolute atomic E-state index is 10.8. The van der Waals surface area contributed by atoms with Crippen LogP contribution in [0.1, 0.15) is 38.9 Å². The van der Waals surface area contributed by atoms with Crippen molar-refractivity contribution in [2.45, 2.75) is 49.4 Å². The van der Waals surface area contributed by atoms with Crippen LogP contribution in [0.5, 0.6) is 0 Å². The minimum absolute atomic E-state index is 0.499. The topological polar surface area (TPSA) is 89.1 Å². The minimum Gasteiger partial charge on any atom is -0.480 e. The zero-order valence-corrected chi connectivity index (χ0v) is 12.3. The highest BCUT2D eigenvalue weighted by molar-refractivity contribution is 8.00. The van der Waals surface area contributed by atoms with Gasteiger partial charge < -0.3 is 10.8 Å². The second-order valence-electron chi connectivity index (χ2n) is 4.36. The van der Waals surface area contributed by atoms with E-state index in [1.807, 2.05) is 6.92 Å². The van der Waals surface area contributed by atoms with Gasteiger partial charge in [-0.1, -0.05) is 25.1 Å². The van der Waals surface area contributed by atoms with Gasteiger partial charge in [-0.05, 0) is 31.3 Å². The Morgan fingerprint density at radius 2 is 2.28 bits per heavy atom. The van der Waals surface area contributed by atoms with Crippen molar-refractivity contribution in [1.82, 2.24) is 9.36 Å². The fourth-order valence-electron chi connectivity index (χ4n) is 1.30. The van der Waals surface area contributed by atoms with Crippen LogP contribution < -0.4 is 5.73 Å². The summed E-state index contributed by atoms with van der Waals surface area (Å²) in [4.78, 5) is 15.2. The molecule has 0 radical (unpaired) electrons. The van der Waals surface area contributed by atoms with Crippen molar-refractivity contribution in [3.8, 4) is 0 Å². The summed E-state index contributed by atoms with van der Waals surface area (Å²) in [5.41, 5.74) is 4.54. The maximum atomic E-state index is 10.8. The van der Waals surface area contributed by atoms with Crippen molar-refractivity contribution >= 4 is 29.3 Å². The van der Waals surface area contributed by atoms with Crippen molar-refractivity contribution in [3.05, 3.63) is 5.82 Å². The molecule has 1 heterocycles. The summed E-state index contributed by atoms with van der Waals surface area (Å²) in [5, 5.41) is 8.86. The van der Waals surface area contributed by atoms with Gasteiger partial charge in [0.25, 0.3) is 0 Å². The lowest BCUT2D eigenvalue weighted by Gasteiger charge is -2.18. The van der Waals surface area contributed by atoms with Gasteiger partial charge in [-0.15, -0.1) is 0 Å². The molecule has 3 N–H and O–H groups in total. The average Bonchev–Trinajstić information content (AvgIpc) is 2.76. The smallest absolute Gasteiger partial charge is 0.323 e. The van der Waals surface area contributed by atoms with Gasteiger partial charge in [-0.2, -0.15) is 4.37 Å². The zero-order valence-electron chi connectivity index (χ0n) is 10.7. The molecule has 1 rings (SSSR count). The number of rotatable bonds is 8. The number of thioether (sulfide) groups is 1. The number of aromatic nitrogens is 2. The Kier molecular flexibility index (Phi) is 6.04. The van der Waals surface area contributed by atoms with E-state index < -0.39 is 11.5 Å². The second kappa shape index (κ2) is 7.06. The van der Waals surface area contributed by atoms with E-state index in [1.165, 1.54) is 11.5 Å². The highest BCUT2D eigenvalue weighted by Crippen LogP contribution is 2.22. The fourth-order valence-corrected chi connectivity index (χ4v) is 3.07. The van der Waals surface area contributed by atoms with Crippen LogP contribution >= 0.6 is 23.3 Å². The number of carboxylic acids is 1. The van der Waals surface area contributed by atoms with Gasteiger partial charge in [-0.25, -0.2) is 4.98 Å². The van der Waals surface area contributed by atoms with E-state index in [1.54, 1.807) is 18.7 Å². The molecule has 1 atom stereocenters. The highest BCUT2D eigenvalue weighted by Gasteiger charge is 2.26. The summed E-state index contributed by atoms with van der Waals surface area (Å²) >= 11 is 3.10. The molecule has 0 aromatic carbocycles. The van der Waals surface area contributed by atoms with E-state index in [9.17, 15) is 4.79 Å². The molecule has 5 nitrogen and oxygen atoms in total. The van der Waals surface area contributed by atoms with Gasteiger partial charge in [0.1, 0.15) is 11.4 Å². The Morgan fingerprint density at radius 1 is 1.56 bits per heavy atom. The molecule has 1 unspecified atom stereocenters. The third kappa shape index (κ3) is 4.91. The van der Waals surface area contributed by atoms with Crippen molar-refractivity contribution in [3.63, 3.8) is 0 Å². The highest BCUT2D eigenvalue weighted by atomic mass is 32.2. The van der Waals surface area contributed by atoms with E-state index in [-0.39, 0.29) is 0 Å². The molecule has 0 aliphatic carbocycles. The number of nitrogens with zero attached hydrogens (tertiary/aromatic N) is 2. The predicted octanol–water partition coefficient (Wildman–Crippen LogP) is 2.16. The van der Waals surface area contributed by atoms with Gasteiger partial charge in [0.2, 0.25) is 0 Å². The third-order valence-corrected chi connectivity index (χ3v) is 4.53. The molecular formula is C11H19N3O2S2. The molecule has 102 valence electrons. The number of aliphatic carboxylic acids is 1. The second-order valence-corrected chi connectivity index (χ2v) is 6.45. The number of carboxylic acid groups (broad SMARTS) is 1. The largest absolute Gasteiger partial charge is 0.480 e. The lowest BCUT2D eigenvalue weighted by Crippen LogP contribution is -2.44. The summed E-state index contributed by atoms with van der Waals surface area (Å²) in [6.45, 7) is 3.59. The maximum Gasteiger partial charge on any atom is 0.323 e. The molecule has 0 spiro atoms. The summed E-state index contributed by atoms with van der Waals surface area (Å²) in [5.74, 6) is 0.878. The first-order valence-corrected chi connectivity index (χ1v) is 7.69. The molecule has 0 aliphatic rings. The van der Waals surface area contributed by atoms with Gasteiger partial charge >= 0.3 is 5.97 Å². The van der Waals surface area contributed by atoms with E-state index in [0.717, 1.165) is 35.2 Å². The van der Waals surface area contributed by atoms with Gasteiger partial charge in [0.15, 0.2) is 4.34 Å². The van der Waals surface area contributed by atoms with Crippen LogP contribution in [0.25, 0.3) is 0 Å². The molecule has 0 amide bonds. The first kappa shape index (κ1) is 15.4. The third-order valence-electron chi connectivity index (χ3n) is 2.57. The molecule has 7 heteroatoms. The Morgan fingerprint density at radius 3 is 2.83 bits per heavy atom. The van der Waals surface area contributed by atoms with Gasteiger partial charge in [-0.3, -0.25) is 4.79 Å². The van der Waals surface area contributed by atoms with Crippen LogP contribution in [-0.2, 0) is 11.2 Å². The van der Waals surface area contributed by atoms with Crippen molar-refractivity contribution < 1.29 is 9.90 Å². The number of unbranched alkanes of at least 4 members (excludes halogenated alkanes) is 1. The molecule has 1 aromatic rings. The standard InChI is InChI=1S/C11H19N3O2S2/c1-3-8-13-10(18-14-8)17-7-5-4-6-11(2,12)9(15)16/h3-7,12H2,1-2H3,(H,15,16). The van der Waals surface area contributed by atoms with E-state index >= 15 is 0 Å². The van der Waals surface area contributed by atoms with Crippen LogP contribution in [0.4, 0.5) is 0 Å². The quantitative estimate of drug-likeness (QED) is 0.563. The van der Waals surface area contributed by atoms with E-state index in [0.29, 0.717) is 6.42 Å². The van der Waals surface area contributed by atoms with Crippen LogP contribution in [0, 0.1) is 0 Å². The molecule has 0 bridgehead atoms. The van der Waals surface area contributed by atoms with Crippen molar-refractivity contribution in [2.24, 2.45) is 5.73 Å². The number of hydrogen-bond donors (Lipinski definition) is 2. The van der Waals surface area contributed by atoms with E-state index in [2.05, 4.69) is 9.36 Å². The lowest BCUT2D eigenvalue weighted by molar-refractivity contribution is -0.142. The minimum atomic E-state index is -1.11.